The predicted molar refractivity (Wildman–Crippen MR) is 83.1 cm³/mol. The van der Waals surface area contributed by atoms with Crippen molar-refractivity contribution in [1.82, 2.24) is 0 Å². The van der Waals surface area contributed by atoms with Crippen molar-refractivity contribution in [1.29, 1.82) is 0 Å². The van der Waals surface area contributed by atoms with Gasteiger partial charge in [0.1, 0.15) is 5.69 Å². The van der Waals surface area contributed by atoms with E-state index in [1.165, 1.54) is 7.11 Å². The molecule has 3 rings (SSSR count). The third kappa shape index (κ3) is 2.31. The van der Waals surface area contributed by atoms with Crippen LogP contribution in [-0.2, 0) is 0 Å². The molecule has 0 atom stereocenters. The molecule has 0 saturated heterocycles. The van der Waals surface area contributed by atoms with Gasteiger partial charge in [-0.2, -0.15) is 0 Å². The second kappa shape index (κ2) is 5.25. The zero-order valence-corrected chi connectivity index (χ0v) is 11.4. The van der Waals surface area contributed by atoms with Gasteiger partial charge >= 0.3 is 0 Å². The number of methoxy groups -OCH3 is 1. The fourth-order valence-electron chi connectivity index (χ4n) is 2.20. The van der Waals surface area contributed by atoms with E-state index in [1.807, 2.05) is 54.6 Å². The van der Waals surface area contributed by atoms with Crippen LogP contribution in [0.4, 0.5) is 11.4 Å². The Morgan fingerprint density at radius 2 is 1.43 bits per heavy atom. The van der Waals surface area contributed by atoms with Gasteiger partial charge in [-0.05, 0) is 23.3 Å². The highest BCUT2D eigenvalue weighted by molar-refractivity contribution is 5.72. The van der Waals surface area contributed by atoms with E-state index < -0.39 is 10.9 Å². The molecule has 0 heterocycles. The van der Waals surface area contributed by atoms with Gasteiger partial charge in [-0.1, -0.05) is 42.5 Å². The first-order valence-electron chi connectivity index (χ1n) is 6.50. The highest BCUT2D eigenvalue weighted by atomic mass is 16.5. The number of hydrogen-bond donors (Lipinski definition) is 1. The van der Waals surface area contributed by atoms with Crippen molar-refractivity contribution in [3.63, 3.8) is 0 Å². The lowest BCUT2D eigenvalue weighted by Crippen LogP contribution is -2.34. The second-order valence-electron chi connectivity index (χ2n) is 4.63. The van der Waals surface area contributed by atoms with E-state index in [-0.39, 0.29) is 11.4 Å². The third-order valence-electron chi connectivity index (χ3n) is 3.33. The maximum absolute atomic E-state index is 11.5. The monoisotopic (exact) mass is 279 g/mol. The Hall–Kier alpha value is -2.88. The molecule has 0 spiro atoms. The van der Waals surface area contributed by atoms with Gasteiger partial charge in [0.05, 0.1) is 7.11 Å². The Morgan fingerprint density at radius 3 is 2.05 bits per heavy atom. The van der Waals surface area contributed by atoms with Crippen LogP contribution < -0.4 is 20.9 Å². The van der Waals surface area contributed by atoms with Crippen LogP contribution >= 0.6 is 0 Å². The third-order valence-corrected chi connectivity index (χ3v) is 3.33. The molecule has 104 valence electrons. The fraction of sp³-hybridized carbons (Fsp3) is 0.0588. The maximum Gasteiger partial charge on any atom is 0.272 e. The standard InChI is InChI=1S/C17H13NO3/c1-21-17-14(15(19)16(17)20)18-13-9-7-12(8-10-13)11-5-3-2-4-6-11/h2-10,18H,1H3. The minimum Gasteiger partial charge on any atom is -0.491 e. The van der Waals surface area contributed by atoms with Crippen molar-refractivity contribution in [3.05, 3.63) is 75.0 Å². The molecule has 0 radical (unpaired) electrons. The molecule has 0 aliphatic rings. The first-order valence-corrected chi connectivity index (χ1v) is 6.50. The Labute approximate surface area is 121 Å². The molecule has 0 bridgehead atoms. The van der Waals surface area contributed by atoms with Crippen LogP contribution in [0.5, 0.6) is 5.75 Å². The van der Waals surface area contributed by atoms with Crippen LogP contribution in [0.15, 0.2) is 64.2 Å². The van der Waals surface area contributed by atoms with Crippen LogP contribution in [0.2, 0.25) is 0 Å². The first kappa shape index (κ1) is 13.1. The summed E-state index contributed by atoms with van der Waals surface area (Å²) in [5, 5.41) is 2.92. The number of rotatable bonds is 4. The van der Waals surface area contributed by atoms with Crippen molar-refractivity contribution in [3.8, 4) is 16.9 Å². The van der Waals surface area contributed by atoms with Gasteiger partial charge in [0.15, 0.2) is 5.75 Å². The number of ether oxygens (including phenoxy) is 1. The minimum absolute atomic E-state index is 0.0899. The fourth-order valence-corrected chi connectivity index (χ4v) is 2.20. The summed E-state index contributed by atoms with van der Waals surface area (Å²) in [4.78, 5) is 22.7. The molecular weight excluding hydrogens is 266 g/mol. The molecule has 3 aromatic rings. The average molecular weight is 279 g/mol. The molecule has 0 aromatic heterocycles. The van der Waals surface area contributed by atoms with Crippen LogP contribution in [0.3, 0.4) is 0 Å². The van der Waals surface area contributed by atoms with E-state index in [4.69, 9.17) is 4.74 Å². The van der Waals surface area contributed by atoms with Gasteiger partial charge in [-0.25, -0.2) is 0 Å². The minimum atomic E-state index is -0.582. The smallest absolute Gasteiger partial charge is 0.272 e. The normalized spacial score (nSPS) is 10.5. The van der Waals surface area contributed by atoms with Gasteiger partial charge in [-0.3, -0.25) is 9.59 Å². The van der Waals surface area contributed by atoms with Crippen LogP contribution in [-0.4, -0.2) is 7.11 Å². The molecule has 4 nitrogen and oxygen atoms in total. The van der Waals surface area contributed by atoms with E-state index in [1.54, 1.807) is 0 Å². The summed E-state index contributed by atoms with van der Waals surface area (Å²) in [6.45, 7) is 0. The lowest BCUT2D eigenvalue weighted by atomic mass is 10.1. The molecule has 0 aliphatic carbocycles. The molecule has 0 fully saturated rings. The number of hydrogen-bond acceptors (Lipinski definition) is 4. The lowest BCUT2D eigenvalue weighted by molar-refractivity contribution is 0.408. The molecular formula is C17H13NO3. The van der Waals surface area contributed by atoms with Gasteiger partial charge in [0.25, 0.3) is 10.9 Å². The van der Waals surface area contributed by atoms with Gasteiger partial charge in [-0.15, -0.1) is 0 Å². The number of benzene rings is 2. The highest BCUT2D eigenvalue weighted by Crippen LogP contribution is 2.25. The van der Waals surface area contributed by atoms with Gasteiger partial charge < -0.3 is 10.1 Å². The van der Waals surface area contributed by atoms with Crippen molar-refractivity contribution in [2.75, 3.05) is 12.4 Å². The quantitative estimate of drug-likeness (QED) is 0.746. The van der Waals surface area contributed by atoms with Crippen molar-refractivity contribution < 1.29 is 4.74 Å². The topological polar surface area (TPSA) is 55.4 Å². The summed E-state index contributed by atoms with van der Waals surface area (Å²) in [5.74, 6) is 0.0899. The maximum atomic E-state index is 11.5. The molecule has 4 heteroatoms. The average Bonchev–Trinajstić information content (AvgIpc) is 2.55. The Kier molecular flexibility index (Phi) is 3.28. The summed E-state index contributed by atoms with van der Waals surface area (Å²) in [6, 6.07) is 17.6. The summed E-state index contributed by atoms with van der Waals surface area (Å²) in [6.07, 6.45) is 0. The summed E-state index contributed by atoms with van der Waals surface area (Å²) in [5.41, 5.74) is 2.03. The number of anilines is 2. The van der Waals surface area contributed by atoms with E-state index in [9.17, 15) is 9.59 Å². The predicted octanol–water partition coefficient (Wildman–Crippen LogP) is 2.70. The molecule has 21 heavy (non-hydrogen) atoms. The summed E-state index contributed by atoms with van der Waals surface area (Å²) >= 11 is 0. The second-order valence-corrected chi connectivity index (χ2v) is 4.63. The lowest BCUT2D eigenvalue weighted by Gasteiger charge is -2.12. The summed E-state index contributed by atoms with van der Waals surface area (Å²) in [7, 11) is 1.37. The Morgan fingerprint density at radius 1 is 0.810 bits per heavy atom. The van der Waals surface area contributed by atoms with E-state index >= 15 is 0 Å². The first-order chi connectivity index (χ1) is 10.2. The van der Waals surface area contributed by atoms with E-state index in [0.717, 1.165) is 16.8 Å². The molecule has 1 N–H and O–H groups in total. The Bertz CT molecular complexity index is 829. The van der Waals surface area contributed by atoms with Crippen molar-refractivity contribution in [2.45, 2.75) is 0 Å². The van der Waals surface area contributed by atoms with E-state index in [2.05, 4.69) is 5.32 Å². The molecule has 0 saturated carbocycles. The van der Waals surface area contributed by atoms with Crippen molar-refractivity contribution in [2.24, 2.45) is 0 Å². The van der Waals surface area contributed by atoms with Gasteiger partial charge in [0, 0.05) is 5.69 Å². The SMILES string of the molecule is COc1c(Nc2ccc(-c3ccccc3)cc2)c(=O)c1=O. The van der Waals surface area contributed by atoms with Crippen LogP contribution in [0, 0.1) is 0 Å². The summed E-state index contributed by atoms with van der Waals surface area (Å²) < 4.78 is 4.89. The zero-order chi connectivity index (χ0) is 14.8. The Balaban J connectivity index is 1.84. The zero-order valence-electron chi connectivity index (χ0n) is 11.4. The number of nitrogens with one attached hydrogen (secondary N) is 1. The molecule has 0 aliphatic heterocycles. The van der Waals surface area contributed by atoms with Crippen LogP contribution in [0.25, 0.3) is 11.1 Å². The molecule has 0 unspecified atom stereocenters. The van der Waals surface area contributed by atoms with Crippen molar-refractivity contribution >= 4 is 11.4 Å². The van der Waals surface area contributed by atoms with E-state index in [0.29, 0.717) is 0 Å². The van der Waals surface area contributed by atoms with Crippen LogP contribution in [0.1, 0.15) is 0 Å². The largest absolute Gasteiger partial charge is 0.491 e. The molecule has 3 aromatic carbocycles. The molecule has 0 amide bonds. The highest BCUT2D eigenvalue weighted by Gasteiger charge is 2.21. The van der Waals surface area contributed by atoms with Gasteiger partial charge in [0.2, 0.25) is 0 Å².